The molecule has 1 N–H and O–H groups in total. The number of hydrogen-bond donors (Lipinski definition) is 1. The second-order valence-corrected chi connectivity index (χ2v) is 5.22. The lowest BCUT2D eigenvalue weighted by Crippen LogP contribution is -1.89. The number of nitrogens with zero attached hydrogens (tertiary/aromatic N) is 2. The molecule has 2 aromatic heterocycles. The molecule has 0 fully saturated rings. The van der Waals surface area contributed by atoms with Crippen LogP contribution in [0.5, 0.6) is 0 Å². The maximum atomic E-state index is 11.0. The first kappa shape index (κ1) is 12.6. The molecule has 0 bridgehead atoms. The van der Waals surface area contributed by atoms with Crippen molar-refractivity contribution >= 4 is 17.3 Å². The van der Waals surface area contributed by atoms with Gasteiger partial charge in [-0.3, -0.25) is 0 Å². The number of aryl methyl sites for hydroxylation is 1. The van der Waals surface area contributed by atoms with Crippen molar-refractivity contribution in [1.29, 1.82) is 0 Å². The van der Waals surface area contributed by atoms with Crippen LogP contribution in [-0.4, -0.2) is 21.3 Å². The number of aromatic nitrogens is 2. The average molecular weight is 286 g/mol. The van der Waals surface area contributed by atoms with Crippen LogP contribution >= 0.6 is 11.3 Å². The number of hydrogen-bond acceptors (Lipinski definition) is 5. The van der Waals surface area contributed by atoms with Gasteiger partial charge < -0.3 is 9.52 Å². The fraction of sp³-hybridized carbons (Fsp3) is 0.0714. The van der Waals surface area contributed by atoms with E-state index in [1.54, 1.807) is 19.1 Å². The van der Waals surface area contributed by atoms with Crippen LogP contribution in [0, 0.1) is 6.92 Å². The Morgan fingerprint density at radius 2 is 1.90 bits per heavy atom. The summed E-state index contributed by atoms with van der Waals surface area (Å²) in [6, 6.07) is 10.9. The van der Waals surface area contributed by atoms with Crippen LogP contribution in [0.3, 0.4) is 0 Å². The van der Waals surface area contributed by atoms with E-state index in [4.69, 9.17) is 9.52 Å². The van der Waals surface area contributed by atoms with Crippen molar-refractivity contribution < 1.29 is 14.3 Å². The van der Waals surface area contributed by atoms with Crippen LogP contribution in [0.2, 0.25) is 0 Å². The summed E-state index contributed by atoms with van der Waals surface area (Å²) in [6.45, 7) is 1.73. The third-order valence-electron chi connectivity index (χ3n) is 2.77. The van der Waals surface area contributed by atoms with E-state index in [9.17, 15) is 4.79 Å². The predicted octanol–water partition coefficient (Wildman–Crippen LogP) is 3.47. The van der Waals surface area contributed by atoms with Crippen LogP contribution in [0.4, 0.5) is 0 Å². The molecule has 6 heteroatoms. The van der Waals surface area contributed by atoms with E-state index in [1.165, 1.54) is 11.3 Å². The third-order valence-corrected chi connectivity index (χ3v) is 3.87. The Bertz CT molecular complexity index is 776. The average Bonchev–Trinajstić information content (AvgIpc) is 3.07. The highest BCUT2D eigenvalue weighted by Crippen LogP contribution is 2.35. The van der Waals surface area contributed by atoms with Crippen molar-refractivity contribution in [3.05, 3.63) is 47.2 Å². The molecule has 0 radical (unpaired) electrons. The predicted molar refractivity (Wildman–Crippen MR) is 74.7 cm³/mol. The van der Waals surface area contributed by atoms with Crippen molar-refractivity contribution in [2.45, 2.75) is 6.92 Å². The Morgan fingerprint density at radius 1 is 1.15 bits per heavy atom. The van der Waals surface area contributed by atoms with Gasteiger partial charge in [0.05, 0.1) is 0 Å². The first-order valence-corrected chi connectivity index (χ1v) is 6.70. The summed E-state index contributed by atoms with van der Waals surface area (Å²) in [6.07, 6.45) is 0. The zero-order valence-corrected chi connectivity index (χ0v) is 11.3. The fourth-order valence-corrected chi connectivity index (χ4v) is 2.77. The van der Waals surface area contributed by atoms with E-state index in [-0.39, 0.29) is 0 Å². The van der Waals surface area contributed by atoms with Crippen LogP contribution < -0.4 is 0 Å². The number of aromatic carboxylic acids is 1. The summed E-state index contributed by atoms with van der Waals surface area (Å²) in [5.41, 5.74) is 1.68. The first-order valence-electron chi connectivity index (χ1n) is 5.88. The van der Waals surface area contributed by atoms with Gasteiger partial charge in [-0.15, -0.1) is 21.5 Å². The minimum Gasteiger partial charge on any atom is -0.477 e. The standard InChI is InChI=1S/C14H10N2O3S/c1-8-15-16-13(19-8)10-5-3-2-4-9(10)11-6-7-12(20-11)14(17)18/h2-7H,1H3,(H,17,18). The molecule has 0 amide bonds. The molecule has 0 unspecified atom stereocenters. The summed E-state index contributed by atoms with van der Waals surface area (Å²) in [4.78, 5) is 12.1. The van der Waals surface area contributed by atoms with Gasteiger partial charge >= 0.3 is 5.97 Å². The first-order chi connectivity index (χ1) is 9.65. The molecule has 0 atom stereocenters. The third kappa shape index (κ3) is 2.21. The maximum Gasteiger partial charge on any atom is 0.345 e. The second-order valence-electron chi connectivity index (χ2n) is 4.14. The molecule has 2 heterocycles. The fourth-order valence-electron chi connectivity index (χ4n) is 1.89. The van der Waals surface area contributed by atoms with Gasteiger partial charge in [0.1, 0.15) is 4.88 Å². The Morgan fingerprint density at radius 3 is 2.50 bits per heavy atom. The highest BCUT2D eigenvalue weighted by Gasteiger charge is 2.15. The molecule has 0 aliphatic carbocycles. The summed E-state index contributed by atoms with van der Waals surface area (Å²) in [5.74, 6) is 0.00273. The summed E-state index contributed by atoms with van der Waals surface area (Å²) < 4.78 is 5.45. The molecule has 0 saturated carbocycles. The molecular weight excluding hydrogens is 276 g/mol. The molecular formula is C14H10N2O3S. The number of thiophene rings is 1. The van der Waals surface area contributed by atoms with Crippen molar-refractivity contribution in [2.24, 2.45) is 0 Å². The lowest BCUT2D eigenvalue weighted by atomic mass is 10.1. The zero-order chi connectivity index (χ0) is 14.1. The van der Waals surface area contributed by atoms with Crippen molar-refractivity contribution in [3.8, 4) is 21.9 Å². The Labute approximate surface area is 118 Å². The van der Waals surface area contributed by atoms with Gasteiger partial charge in [-0.1, -0.05) is 18.2 Å². The van der Waals surface area contributed by atoms with Crippen LogP contribution in [0.15, 0.2) is 40.8 Å². The van der Waals surface area contributed by atoms with Gasteiger partial charge in [-0.05, 0) is 18.2 Å². The number of benzene rings is 1. The molecule has 3 aromatic rings. The quantitative estimate of drug-likeness (QED) is 0.797. The number of carboxylic acid groups (broad SMARTS) is 1. The Balaban J connectivity index is 2.11. The molecule has 100 valence electrons. The molecule has 0 aliphatic rings. The van der Waals surface area contributed by atoms with E-state index in [1.807, 2.05) is 24.3 Å². The van der Waals surface area contributed by atoms with E-state index < -0.39 is 5.97 Å². The SMILES string of the molecule is Cc1nnc(-c2ccccc2-c2ccc(C(=O)O)s2)o1. The minimum absolute atomic E-state index is 0.302. The van der Waals surface area contributed by atoms with Gasteiger partial charge in [-0.25, -0.2) is 4.79 Å². The molecule has 0 spiro atoms. The number of rotatable bonds is 3. The minimum atomic E-state index is -0.924. The van der Waals surface area contributed by atoms with Crippen LogP contribution in [0.25, 0.3) is 21.9 Å². The van der Waals surface area contributed by atoms with Crippen molar-refractivity contribution in [2.75, 3.05) is 0 Å². The largest absolute Gasteiger partial charge is 0.477 e. The van der Waals surface area contributed by atoms with Crippen molar-refractivity contribution in [1.82, 2.24) is 10.2 Å². The number of carbonyl (C=O) groups is 1. The van der Waals surface area contributed by atoms with Crippen LogP contribution in [-0.2, 0) is 0 Å². The topological polar surface area (TPSA) is 76.2 Å². The number of carboxylic acids is 1. The Hall–Kier alpha value is -2.47. The lowest BCUT2D eigenvalue weighted by molar-refractivity contribution is 0.0702. The molecule has 0 aliphatic heterocycles. The van der Waals surface area contributed by atoms with E-state index >= 15 is 0 Å². The van der Waals surface area contributed by atoms with Gasteiger partial charge in [0, 0.05) is 22.9 Å². The highest BCUT2D eigenvalue weighted by atomic mass is 32.1. The normalized spacial score (nSPS) is 10.7. The van der Waals surface area contributed by atoms with Gasteiger partial charge in [0.2, 0.25) is 11.8 Å². The lowest BCUT2D eigenvalue weighted by Gasteiger charge is -2.03. The molecule has 1 aromatic carbocycles. The van der Waals surface area contributed by atoms with E-state index in [0.717, 1.165) is 16.0 Å². The van der Waals surface area contributed by atoms with Crippen molar-refractivity contribution in [3.63, 3.8) is 0 Å². The van der Waals surface area contributed by atoms with E-state index in [0.29, 0.717) is 16.7 Å². The molecule has 20 heavy (non-hydrogen) atoms. The zero-order valence-electron chi connectivity index (χ0n) is 10.5. The highest BCUT2D eigenvalue weighted by molar-refractivity contribution is 7.17. The van der Waals surface area contributed by atoms with Gasteiger partial charge in [0.15, 0.2) is 0 Å². The van der Waals surface area contributed by atoms with E-state index in [2.05, 4.69) is 10.2 Å². The maximum absolute atomic E-state index is 11.0. The Kier molecular flexibility index (Phi) is 3.08. The smallest absolute Gasteiger partial charge is 0.345 e. The molecule has 3 rings (SSSR count). The molecule has 5 nitrogen and oxygen atoms in total. The monoisotopic (exact) mass is 286 g/mol. The summed E-state index contributed by atoms with van der Waals surface area (Å²) in [5, 5.41) is 16.8. The summed E-state index contributed by atoms with van der Waals surface area (Å²) >= 11 is 1.22. The second kappa shape index (κ2) is 4.90. The summed E-state index contributed by atoms with van der Waals surface area (Å²) in [7, 11) is 0. The van der Waals surface area contributed by atoms with Gasteiger partial charge in [-0.2, -0.15) is 0 Å². The molecule has 0 saturated heterocycles. The van der Waals surface area contributed by atoms with Gasteiger partial charge in [0.25, 0.3) is 0 Å². The van der Waals surface area contributed by atoms with Crippen LogP contribution in [0.1, 0.15) is 15.6 Å².